The van der Waals surface area contributed by atoms with Crippen molar-refractivity contribution in [3.63, 3.8) is 0 Å². The summed E-state index contributed by atoms with van der Waals surface area (Å²) in [5.41, 5.74) is 2.04. The molecular weight excluding hydrogens is 472 g/mol. The van der Waals surface area contributed by atoms with Gasteiger partial charge >= 0.3 is 0 Å². The molecule has 2 aromatic carbocycles. The second-order valence-electron chi connectivity index (χ2n) is 8.02. The van der Waals surface area contributed by atoms with Crippen molar-refractivity contribution in [2.45, 2.75) is 37.2 Å². The Morgan fingerprint density at radius 1 is 1.03 bits per heavy atom. The number of rotatable bonds is 7. The smallest absolute Gasteiger partial charge is 0.200 e. The summed E-state index contributed by atoms with van der Waals surface area (Å²) in [7, 11) is -6.80. The van der Waals surface area contributed by atoms with Crippen LogP contribution in [0.5, 0.6) is 0 Å². The van der Waals surface area contributed by atoms with Crippen molar-refractivity contribution in [1.29, 1.82) is 0 Å². The van der Waals surface area contributed by atoms with Crippen LogP contribution in [-0.2, 0) is 32.8 Å². The van der Waals surface area contributed by atoms with E-state index in [-0.39, 0.29) is 23.9 Å². The first kappa shape index (κ1) is 22.8. The first-order valence-electron chi connectivity index (χ1n) is 9.99. The van der Waals surface area contributed by atoms with E-state index >= 15 is 0 Å². The lowest BCUT2D eigenvalue weighted by Crippen LogP contribution is -2.17. The third kappa shape index (κ3) is 4.26. The normalized spacial score (nSPS) is 12.9. The average molecular weight is 495 g/mol. The zero-order valence-corrected chi connectivity index (χ0v) is 20.2. The summed E-state index contributed by atoms with van der Waals surface area (Å²) in [6.07, 6.45) is 1.19. The van der Waals surface area contributed by atoms with Gasteiger partial charge in [-0.3, -0.25) is 4.68 Å². The highest BCUT2D eigenvalue weighted by molar-refractivity contribution is 7.92. The molecule has 0 amide bonds. The minimum Gasteiger partial charge on any atom is -0.325 e. The van der Waals surface area contributed by atoms with Gasteiger partial charge < -0.3 is 4.57 Å². The maximum absolute atomic E-state index is 12.9. The molecule has 0 atom stereocenters. The quantitative estimate of drug-likeness (QED) is 0.390. The molecule has 4 aromatic rings. The van der Waals surface area contributed by atoms with Crippen LogP contribution in [0.3, 0.4) is 0 Å². The number of para-hydroxylation sites is 1. The largest absolute Gasteiger partial charge is 0.325 e. The van der Waals surface area contributed by atoms with Gasteiger partial charge in [0, 0.05) is 23.2 Å². The fourth-order valence-corrected chi connectivity index (χ4v) is 5.38. The number of fused-ring (bicyclic) bond motifs is 2. The van der Waals surface area contributed by atoms with Gasteiger partial charge in [-0.2, -0.15) is 5.10 Å². The molecule has 0 aliphatic carbocycles. The molecule has 0 aliphatic heterocycles. The summed E-state index contributed by atoms with van der Waals surface area (Å²) in [6.45, 7) is 3.63. The molecule has 8 nitrogen and oxygen atoms in total. The average Bonchev–Trinajstić information content (AvgIpc) is 3.24. The minimum absolute atomic E-state index is 0.0324. The number of imidazole rings is 1. The topological polar surface area (TPSA) is 104 Å². The van der Waals surface area contributed by atoms with Gasteiger partial charge in [-0.05, 0) is 44.2 Å². The third-order valence-corrected chi connectivity index (χ3v) is 8.52. The van der Waals surface area contributed by atoms with Gasteiger partial charge in [0.1, 0.15) is 15.7 Å². The Balaban J connectivity index is 1.87. The zero-order valence-electron chi connectivity index (χ0n) is 17.9. The SMILES string of the molecule is CC(C)S(=O)(=O)c1nn(Cc2nc3cc(Cl)ccc3n2CCS(C)(=O)=O)c2ccccc12. The van der Waals surface area contributed by atoms with Crippen molar-refractivity contribution in [2.75, 3.05) is 12.0 Å². The lowest BCUT2D eigenvalue weighted by Gasteiger charge is -2.09. The van der Waals surface area contributed by atoms with Crippen molar-refractivity contribution in [1.82, 2.24) is 19.3 Å². The van der Waals surface area contributed by atoms with Gasteiger partial charge in [0.2, 0.25) is 0 Å². The van der Waals surface area contributed by atoms with Crippen molar-refractivity contribution < 1.29 is 16.8 Å². The van der Waals surface area contributed by atoms with Gasteiger partial charge in [-0.1, -0.05) is 23.7 Å². The number of aryl methyl sites for hydroxylation is 1. The number of sulfone groups is 2. The van der Waals surface area contributed by atoms with Crippen LogP contribution < -0.4 is 0 Å². The second kappa shape index (κ2) is 8.17. The molecule has 0 saturated carbocycles. The Hall–Kier alpha value is -2.43. The highest BCUT2D eigenvalue weighted by Gasteiger charge is 2.27. The van der Waals surface area contributed by atoms with E-state index < -0.39 is 24.9 Å². The predicted molar refractivity (Wildman–Crippen MR) is 126 cm³/mol. The molecule has 2 heterocycles. The van der Waals surface area contributed by atoms with Crippen LogP contribution in [0.15, 0.2) is 47.5 Å². The third-order valence-electron chi connectivity index (χ3n) is 5.28. The van der Waals surface area contributed by atoms with Crippen molar-refractivity contribution >= 4 is 53.2 Å². The molecular formula is C21H23ClN4O4S2. The van der Waals surface area contributed by atoms with E-state index in [4.69, 9.17) is 11.6 Å². The molecule has 0 aliphatic rings. The van der Waals surface area contributed by atoms with Gasteiger partial charge in [0.15, 0.2) is 14.9 Å². The summed E-state index contributed by atoms with van der Waals surface area (Å²) in [4.78, 5) is 4.66. The lowest BCUT2D eigenvalue weighted by atomic mass is 10.2. The first-order valence-corrected chi connectivity index (χ1v) is 14.0. The maximum Gasteiger partial charge on any atom is 0.200 e. The summed E-state index contributed by atoms with van der Waals surface area (Å²) < 4.78 is 52.8. The molecule has 4 rings (SSSR count). The molecule has 0 radical (unpaired) electrons. The van der Waals surface area contributed by atoms with E-state index in [2.05, 4.69) is 10.1 Å². The molecule has 2 aromatic heterocycles. The summed E-state index contributed by atoms with van der Waals surface area (Å²) >= 11 is 6.12. The van der Waals surface area contributed by atoms with Crippen molar-refractivity contribution in [2.24, 2.45) is 0 Å². The van der Waals surface area contributed by atoms with Gasteiger partial charge in [0.05, 0.1) is 34.1 Å². The molecule has 170 valence electrons. The molecule has 0 fully saturated rings. The predicted octanol–water partition coefficient (Wildman–Crippen LogP) is 3.31. The molecule has 0 saturated heterocycles. The standard InChI is InChI=1S/C21H23ClN4O4S2/c1-14(2)32(29,30)21-16-6-4-5-7-18(16)26(24-21)13-20-23-17-12-15(22)8-9-19(17)25(20)10-11-31(3,27)28/h4-9,12,14H,10-11,13H2,1-3H3. The Morgan fingerprint density at radius 2 is 1.75 bits per heavy atom. The second-order valence-corrected chi connectivity index (χ2v) is 13.1. The number of hydrogen-bond donors (Lipinski definition) is 0. The van der Waals surface area contributed by atoms with E-state index in [0.29, 0.717) is 27.3 Å². The van der Waals surface area contributed by atoms with Crippen LogP contribution in [0, 0.1) is 0 Å². The van der Waals surface area contributed by atoms with E-state index in [1.54, 1.807) is 48.9 Å². The van der Waals surface area contributed by atoms with Crippen LogP contribution in [0.2, 0.25) is 5.02 Å². The van der Waals surface area contributed by atoms with Crippen LogP contribution in [-0.4, -0.2) is 53.4 Å². The fraction of sp³-hybridized carbons (Fsp3) is 0.333. The van der Waals surface area contributed by atoms with Crippen LogP contribution >= 0.6 is 11.6 Å². The van der Waals surface area contributed by atoms with E-state index in [1.807, 2.05) is 16.7 Å². The maximum atomic E-state index is 12.9. The molecule has 0 spiro atoms. The summed E-state index contributed by atoms with van der Waals surface area (Å²) in [5, 5.41) is 4.93. The molecule has 11 heteroatoms. The van der Waals surface area contributed by atoms with Crippen LogP contribution in [0.25, 0.3) is 21.9 Å². The van der Waals surface area contributed by atoms with Crippen LogP contribution in [0.4, 0.5) is 0 Å². The van der Waals surface area contributed by atoms with E-state index in [0.717, 1.165) is 5.52 Å². The zero-order chi connectivity index (χ0) is 23.3. The number of halogens is 1. The summed E-state index contributed by atoms with van der Waals surface area (Å²) in [5.74, 6) is 0.508. The van der Waals surface area contributed by atoms with Gasteiger partial charge in [0.25, 0.3) is 0 Å². The lowest BCUT2D eigenvalue weighted by molar-refractivity contribution is 0.570. The van der Waals surface area contributed by atoms with E-state index in [1.165, 1.54) is 6.26 Å². The van der Waals surface area contributed by atoms with Gasteiger partial charge in [-0.15, -0.1) is 0 Å². The number of hydrogen-bond acceptors (Lipinski definition) is 6. The Kier molecular flexibility index (Phi) is 5.81. The monoisotopic (exact) mass is 494 g/mol. The van der Waals surface area contributed by atoms with Crippen molar-refractivity contribution in [3.8, 4) is 0 Å². The number of aromatic nitrogens is 4. The Bertz CT molecular complexity index is 1540. The van der Waals surface area contributed by atoms with E-state index in [9.17, 15) is 16.8 Å². The first-order chi connectivity index (χ1) is 15.0. The van der Waals surface area contributed by atoms with Crippen molar-refractivity contribution in [3.05, 3.63) is 53.3 Å². The summed E-state index contributed by atoms with van der Waals surface area (Å²) in [6, 6.07) is 12.4. The van der Waals surface area contributed by atoms with Gasteiger partial charge in [-0.25, -0.2) is 21.8 Å². The minimum atomic E-state index is -3.60. The number of benzene rings is 2. The molecule has 0 unspecified atom stereocenters. The molecule has 32 heavy (non-hydrogen) atoms. The Labute approximate surface area is 191 Å². The molecule has 0 bridgehead atoms. The molecule has 0 N–H and O–H groups in total. The fourth-order valence-electron chi connectivity index (χ4n) is 3.56. The Morgan fingerprint density at radius 3 is 2.44 bits per heavy atom. The highest BCUT2D eigenvalue weighted by Crippen LogP contribution is 2.27. The number of nitrogens with zero attached hydrogens (tertiary/aromatic N) is 4. The van der Waals surface area contributed by atoms with Crippen LogP contribution in [0.1, 0.15) is 19.7 Å². The highest BCUT2D eigenvalue weighted by atomic mass is 35.5.